The number of hydrogen-bond donors (Lipinski definition) is 2. The fourth-order valence-electron chi connectivity index (χ4n) is 1.72. The molecule has 1 aromatic rings. The molecule has 5 nitrogen and oxygen atoms in total. The smallest absolute Gasteiger partial charge is 0.417 e. The van der Waals surface area contributed by atoms with E-state index >= 15 is 0 Å². The Labute approximate surface area is 132 Å². The number of alkyl carbamates (subject to hydrolysis) is 1. The van der Waals surface area contributed by atoms with E-state index in [2.05, 4.69) is 10.6 Å². The molecule has 1 rings (SSSR count). The molecule has 23 heavy (non-hydrogen) atoms. The molecule has 2 amide bonds. The Bertz CT molecular complexity index is 533. The van der Waals surface area contributed by atoms with Gasteiger partial charge in [-0.3, -0.25) is 4.79 Å². The first-order valence-corrected chi connectivity index (χ1v) is 7.21. The minimum atomic E-state index is -4.60. The van der Waals surface area contributed by atoms with Crippen LogP contribution in [0, 0.1) is 0 Å². The molecular formula is C15H19F3N2O3. The number of unbranched alkanes of at least 4 members (excludes halogenated alkanes) is 1. The quantitative estimate of drug-likeness (QED) is 0.755. The third kappa shape index (κ3) is 6.58. The van der Waals surface area contributed by atoms with Gasteiger partial charge in [0.15, 0.2) is 0 Å². The summed E-state index contributed by atoms with van der Waals surface area (Å²) in [5, 5.41) is 4.72. The van der Waals surface area contributed by atoms with Gasteiger partial charge < -0.3 is 15.4 Å². The van der Waals surface area contributed by atoms with Crippen molar-refractivity contribution in [1.29, 1.82) is 0 Å². The molecule has 0 heterocycles. The number of ether oxygens (including phenoxy) is 1. The Hall–Kier alpha value is -2.25. The molecule has 128 valence electrons. The van der Waals surface area contributed by atoms with Crippen LogP contribution in [0.25, 0.3) is 0 Å². The lowest BCUT2D eigenvalue weighted by Gasteiger charge is -2.12. The van der Waals surface area contributed by atoms with Crippen molar-refractivity contribution in [2.45, 2.75) is 25.9 Å². The summed E-state index contributed by atoms with van der Waals surface area (Å²) >= 11 is 0. The van der Waals surface area contributed by atoms with Crippen LogP contribution in [0.4, 0.5) is 18.0 Å². The normalized spacial score (nSPS) is 11.0. The number of alkyl halides is 3. The standard InChI is InChI=1S/C15H19F3N2O3/c1-2-3-10-23-14(22)20-9-8-19-13(21)11-6-4-5-7-12(11)15(16,17)18/h4-7H,2-3,8-10H2,1H3,(H,19,21)(H,20,22). The molecular weight excluding hydrogens is 313 g/mol. The molecule has 0 aromatic heterocycles. The van der Waals surface area contributed by atoms with E-state index in [9.17, 15) is 22.8 Å². The van der Waals surface area contributed by atoms with Crippen molar-refractivity contribution < 1.29 is 27.5 Å². The lowest BCUT2D eigenvalue weighted by atomic mass is 10.1. The van der Waals surface area contributed by atoms with Crippen LogP contribution in [-0.4, -0.2) is 31.7 Å². The molecule has 0 saturated heterocycles. The third-order valence-electron chi connectivity index (χ3n) is 2.89. The number of carbonyl (C=O) groups excluding carboxylic acids is 2. The average molecular weight is 332 g/mol. The van der Waals surface area contributed by atoms with Crippen molar-refractivity contribution in [2.75, 3.05) is 19.7 Å². The second-order valence-electron chi connectivity index (χ2n) is 4.72. The summed E-state index contributed by atoms with van der Waals surface area (Å²) < 4.78 is 43.2. The van der Waals surface area contributed by atoms with Gasteiger partial charge in [-0.2, -0.15) is 13.2 Å². The van der Waals surface area contributed by atoms with Gasteiger partial charge in [-0.25, -0.2) is 4.79 Å². The van der Waals surface area contributed by atoms with Gasteiger partial charge in [-0.05, 0) is 18.6 Å². The molecule has 0 saturated carbocycles. The van der Waals surface area contributed by atoms with Crippen molar-refractivity contribution in [3.05, 3.63) is 35.4 Å². The van der Waals surface area contributed by atoms with E-state index in [0.29, 0.717) is 6.61 Å². The SMILES string of the molecule is CCCCOC(=O)NCCNC(=O)c1ccccc1C(F)(F)F. The van der Waals surface area contributed by atoms with Crippen molar-refractivity contribution in [3.8, 4) is 0 Å². The Morgan fingerprint density at radius 1 is 1.13 bits per heavy atom. The van der Waals surface area contributed by atoms with Crippen LogP contribution < -0.4 is 10.6 Å². The van der Waals surface area contributed by atoms with Gasteiger partial charge in [0.05, 0.1) is 17.7 Å². The first-order chi connectivity index (χ1) is 10.9. The number of hydrogen-bond acceptors (Lipinski definition) is 3. The van der Waals surface area contributed by atoms with E-state index in [0.717, 1.165) is 25.0 Å². The molecule has 2 N–H and O–H groups in total. The second-order valence-corrected chi connectivity index (χ2v) is 4.72. The zero-order chi connectivity index (χ0) is 17.3. The molecule has 0 atom stereocenters. The Balaban J connectivity index is 2.42. The topological polar surface area (TPSA) is 67.4 Å². The summed E-state index contributed by atoms with van der Waals surface area (Å²) in [5.41, 5.74) is -1.45. The Kier molecular flexibility index (Phi) is 7.37. The molecule has 8 heteroatoms. The van der Waals surface area contributed by atoms with E-state index in [1.54, 1.807) is 0 Å². The summed E-state index contributed by atoms with van der Waals surface area (Å²) in [4.78, 5) is 23.0. The first-order valence-electron chi connectivity index (χ1n) is 7.21. The zero-order valence-corrected chi connectivity index (χ0v) is 12.7. The lowest BCUT2D eigenvalue weighted by molar-refractivity contribution is -0.137. The number of carbonyl (C=O) groups is 2. The largest absolute Gasteiger partial charge is 0.450 e. The third-order valence-corrected chi connectivity index (χ3v) is 2.89. The number of halogens is 3. The molecule has 0 spiro atoms. The highest BCUT2D eigenvalue weighted by atomic mass is 19.4. The summed E-state index contributed by atoms with van der Waals surface area (Å²) in [6.07, 6.45) is -3.58. The molecule has 0 aliphatic carbocycles. The molecule has 0 fully saturated rings. The van der Waals surface area contributed by atoms with Crippen LogP contribution in [0.3, 0.4) is 0 Å². The van der Waals surface area contributed by atoms with Crippen LogP contribution in [0.5, 0.6) is 0 Å². The summed E-state index contributed by atoms with van der Waals surface area (Å²) in [5.74, 6) is -0.848. The van der Waals surface area contributed by atoms with Crippen molar-refractivity contribution in [1.82, 2.24) is 10.6 Å². The van der Waals surface area contributed by atoms with Gasteiger partial charge in [0.25, 0.3) is 5.91 Å². The maximum Gasteiger partial charge on any atom is 0.417 e. The summed E-state index contributed by atoms with van der Waals surface area (Å²) in [7, 11) is 0. The van der Waals surface area contributed by atoms with Crippen LogP contribution in [0.1, 0.15) is 35.7 Å². The summed E-state index contributed by atoms with van der Waals surface area (Å²) in [6, 6.07) is 4.52. The van der Waals surface area contributed by atoms with Crippen LogP contribution in [-0.2, 0) is 10.9 Å². The predicted octanol–water partition coefficient (Wildman–Crippen LogP) is 2.96. The van der Waals surface area contributed by atoms with Crippen LogP contribution >= 0.6 is 0 Å². The van der Waals surface area contributed by atoms with E-state index < -0.39 is 29.3 Å². The number of rotatable bonds is 7. The van der Waals surface area contributed by atoms with Gasteiger partial charge in [-0.15, -0.1) is 0 Å². The molecule has 1 aromatic carbocycles. The van der Waals surface area contributed by atoms with E-state index in [1.807, 2.05) is 6.92 Å². The zero-order valence-electron chi connectivity index (χ0n) is 12.7. The molecule has 0 aliphatic heterocycles. The average Bonchev–Trinajstić information content (AvgIpc) is 2.51. The van der Waals surface area contributed by atoms with E-state index in [-0.39, 0.29) is 13.1 Å². The number of benzene rings is 1. The fourth-order valence-corrected chi connectivity index (χ4v) is 1.72. The highest BCUT2D eigenvalue weighted by molar-refractivity contribution is 5.95. The van der Waals surface area contributed by atoms with Crippen molar-refractivity contribution >= 4 is 12.0 Å². The second kappa shape index (κ2) is 9.02. The molecule has 0 unspecified atom stereocenters. The van der Waals surface area contributed by atoms with Gasteiger partial charge in [-0.1, -0.05) is 25.5 Å². The monoisotopic (exact) mass is 332 g/mol. The van der Waals surface area contributed by atoms with E-state index in [1.165, 1.54) is 12.1 Å². The molecule has 0 bridgehead atoms. The van der Waals surface area contributed by atoms with Crippen molar-refractivity contribution in [2.24, 2.45) is 0 Å². The van der Waals surface area contributed by atoms with Crippen LogP contribution in [0.2, 0.25) is 0 Å². The molecule has 0 radical (unpaired) electrons. The lowest BCUT2D eigenvalue weighted by Crippen LogP contribution is -2.35. The predicted molar refractivity (Wildman–Crippen MR) is 78.0 cm³/mol. The Morgan fingerprint density at radius 3 is 2.43 bits per heavy atom. The minimum absolute atomic E-state index is 0.00605. The highest BCUT2D eigenvalue weighted by Gasteiger charge is 2.34. The number of nitrogens with one attached hydrogen (secondary N) is 2. The van der Waals surface area contributed by atoms with Crippen molar-refractivity contribution in [3.63, 3.8) is 0 Å². The fraction of sp³-hybridized carbons (Fsp3) is 0.467. The summed E-state index contributed by atoms with van der Waals surface area (Å²) in [6.45, 7) is 2.31. The van der Waals surface area contributed by atoms with Crippen LogP contribution in [0.15, 0.2) is 24.3 Å². The minimum Gasteiger partial charge on any atom is -0.450 e. The molecule has 0 aliphatic rings. The van der Waals surface area contributed by atoms with Gasteiger partial charge in [0, 0.05) is 13.1 Å². The maximum absolute atomic E-state index is 12.8. The maximum atomic E-state index is 12.8. The van der Waals surface area contributed by atoms with E-state index in [4.69, 9.17) is 4.74 Å². The number of amides is 2. The van der Waals surface area contributed by atoms with Gasteiger partial charge >= 0.3 is 12.3 Å². The van der Waals surface area contributed by atoms with Gasteiger partial charge in [0.2, 0.25) is 0 Å². The van der Waals surface area contributed by atoms with Gasteiger partial charge in [0.1, 0.15) is 0 Å². The first kappa shape index (κ1) is 18.8. The Morgan fingerprint density at radius 2 is 1.78 bits per heavy atom. The highest BCUT2D eigenvalue weighted by Crippen LogP contribution is 2.31.